The summed E-state index contributed by atoms with van der Waals surface area (Å²) in [5.74, 6) is 1.23. The van der Waals surface area contributed by atoms with Crippen molar-refractivity contribution in [1.29, 1.82) is 0 Å². The van der Waals surface area contributed by atoms with Crippen LogP contribution in [0.3, 0.4) is 0 Å². The molecule has 0 aliphatic rings. The Hall–Kier alpha value is -2.01. The van der Waals surface area contributed by atoms with Gasteiger partial charge in [0, 0.05) is 22.9 Å². The Morgan fingerprint density at radius 1 is 1.32 bits per heavy atom. The molecule has 3 N–H and O–H groups in total. The summed E-state index contributed by atoms with van der Waals surface area (Å²) in [5.41, 5.74) is 7.57. The van der Waals surface area contributed by atoms with Gasteiger partial charge in [-0.1, -0.05) is 6.92 Å². The summed E-state index contributed by atoms with van der Waals surface area (Å²) in [6.45, 7) is 7.54. The maximum Gasteiger partial charge on any atom is 0.224 e. The van der Waals surface area contributed by atoms with E-state index >= 15 is 0 Å². The normalized spacial score (nSPS) is 15.4. The van der Waals surface area contributed by atoms with Gasteiger partial charge in [0.15, 0.2) is 0 Å². The van der Waals surface area contributed by atoms with Gasteiger partial charge in [0.1, 0.15) is 17.1 Å². The molecule has 0 radical (unpaired) electrons. The van der Waals surface area contributed by atoms with E-state index in [1.807, 2.05) is 45.9 Å². The highest BCUT2D eigenvalue weighted by Crippen LogP contribution is 2.32. The second-order valence-electron chi connectivity index (χ2n) is 5.83. The number of nitrogens with two attached hydrogens (primary N) is 1. The van der Waals surface area contributed by atoms with E-state index in [1.165, 1.54) is 0 Å². The van der Waals surface area contributed by atoms with E-state index < -0.39 is 0 Å². The first kappa shape index (κ1) is 16.4. The van der Waals surface area contributed by atoms with E-state index in [0.29, 0.717) is 0 Å². The number of carbonyl (C=O) groups is 1. The molecule has 3 unspecified atom stereocenters. The average molecular weight is 304 g/mol. The quantitative estimate of drug-likeness (QED) is 0.890. The number of ether oxygens (including phenoxy) is 1. The molecule has 0 aliphatic carbocycles. The van der Waals surface area contributed by atoms with Gasteiger partial charge in [0.25, 0.3) is 0 Å². The molecule has 1 heterocycles. The number of fused-ring (bicyclic) bond motifs is 1. The summed E-state index contributed by atoms with van der Waals surface area (Å²) >= 11 is 0. The lowest BCUT2D eigenvalue weighted by atomic mass is 10.0. The smallest absolute Gasteiger partial charge is 0.224 e. The summed E-state index contributed by atoms with van der Waals surface area (Å²) in [4.78, 5) is 12.1. The first-order valence-electron chi connectivity index (χ1n) is 7.48. The van der Waals surface area contributed by atoms with Crippen LogP contribution in [0.1, 0.15) is 38.1 Å². The van der Waals surface area contributed by atoms with Crippen LogP contribution in [-0.2, 0) is 4.79 Å². The minimum Gasteiger partial charge on any atom is -0.497 e. The van der Waals surface area contributed by atoms with Gasteiger partial charge in [-0.2, -0.15) is 0 Å². The number of amides is 1. The van der Waals surface area contributed by atoms with E-state index in [9.17, 15) is 4.79 Å². The van der Waals surface area contributed by atoms with Gasteiger partial charge >= 0.3 is 0 Å². The summed E-state index contributed by atoms with van der Waals surface area (Å²) in [5, 5.41) is 3.96. The summed E-state index contributed by atoms with van der Waals surface area (Å²) in [7, 11) is 1.63. The topological polar surface area (TPSA) is 77.5 Å². The molecule has 22 heavy (non-hydrogen) atoms. The maximum atomic E-state index is 12.1. The zero-order valence-electron chi connectivity index (χ0n) is 13.8. The number of carbonyl (C=O) groups excluding carboxylic acids is 1. The monoisotopic (exact) mass is 304 g/mol. The summed E-state index contributed by atoms with van der Waals surface area (Å²) in [6, 6.07) is 5.28. The lowest BCUT2D eigenvalue weighted by Gasteiger charge is -2.19. The third-order valence-corrected chi connectivity index (χ3v) is 4.13. The Morgan fingerprint density at radius 2 is 2.00 bits per heavy atom. The highest BCUT2D eigenvalue weighted by Gasteiger charge is 2.23. The molecule has 0 spiro atoms. The van der Waals surface area contributed by atoms with Crippen molar-refractivity contribution in [2.45, 2.75) is 39.8 Å². The van der Waals surface area contributed by atoms with E-state index in [4.69, 9.17) is 14.9 Å². The fourth-order valence-corrected chi connectivity index (χ4v) is 2.41. The van der Waals surface area contributed by atoms with Crippen molar-refractivity contribution in [3.05, 3.63) is 29.5 Å². The second-order valence-corrected chi connectivity index (χ2v) is 5.83. The van der Waals surface area contributed by atoms with Crippen molar-refractivity contribution in [2.75, 3.05) is 7.11 Å². The van der Waals surface area contributed by atoms with Gasteiger partial charge < -0.3 is 20.2 Å². The van der Waals surface area contributed by atoms with Crippen LogP contribution in [0, 0.1) is 12.8 Å². The molecular formula is C17H24N2O3. The zero-order chi connectivity index (χ0) is 16.4. The Labute approximate surface area is 130 Å². The Kier molecular flexibility index (Phi) is 4.76. The largest absolute Gasteiger partial charge is 0.497 e. The number of benzene rings is 1. The number of hydrogen-bond acceptors (Lipinski definition) is 4. The summed E-state index contributed by atoms with van der Waals surface area (Å²) in [6.07, 6.45) is 0. The van der Waals surface area contributed by atoms with Crippen molar-refractivity contribution in [3.8, 4) is 5.75 Å². The van der Waals surface area contributed by atoms with E-state index in [-0.39, 0.29) is 23.9 Å². The Balaban J connectivity index is 2.26. The van der Waals surface area contributed by atoms with Gasteiger partial charge in [-0.3, -0.25) is 4.79 Å². The van der Waals surface area contributed by atoms with Gasteiger partial charge in [0.05, 0.1) is 13.2 Å². The second kappa shape index (κ2) is 6.40. The lowest BCUT2D eigenvalue weighted by Crippen LogP contribution is -2.39. The van der Waals surface area contributed by atoms with E-state index in [2.05, 4.69) is 5.32 Å². The number of rotatable bonds is 5. The van der Waals surface area contributed by atoms with Gasteiger partial charge in [-0.25, -0.2) is 0 Å². The molecule has 0 bridgehead atoms. The molecule has 3 atom stereocenters. The average Bonchev–Trinajstić information content (AvgIpc) is 2.82. The molecule has 5 heteroatoms. The van der Waals surface area contributed by atoms with Crippen LogP contribution in [-0.4, -0.2) is 19.1 Å². The maximum absolute atomic E-state index is 12.1. The SMILES string of the molecule is COc1ccc2oc(C(C)NC(=O)C(C)C(C)N)c(C)c2c1. The van der Waals surface area contributed by atoms with Crippen molar-refractivity contribution >= 4 is 16.9 Å². The number of methoxy groups -OCH3 is 1. The predicted molar refractivity (Wildman–Crippen MR) is 86.9 cm³/mol. The van der Waals surface area contributed by atoms with Gasteiger partial charge in [0.2, 0.25) is 5.91 Å². The van der Waals surface area contributed by atoms with Crippen LogP contribution in [0.4, 0.5) is 0 Å². The molecular weight excluding hydrogens is 280 g/mol. The molecule has 5 nitrogen and oxygen atoms in total. The highest BCUT2D eigenvalue weighted by atomic mass is 16.5. The number of aryl methyl sites for hydroxylation is 1. The molecule has 0 aliphatic heterocycles. The summed E-state index contributed by atoms with van der Waals surface area (Å²) < 4.78 is 11.1. The molecule has 2 rings (SSSR count). The Morgan fingerprint density at radius 3 is 2.59 bits per heavy atom. The molecule has 1 aromatic heterocycles. The van der Waals surface area contributed by atoms with E-state index in [0.717, 1.165) is 28.0 Å². The Bertz CT molecular complexity index is 676. The van der Waals surface area contributed by atoms with Crippen LogP contribution in [0.2, 0.25) is 0 Å². The molecule has 120 valence electrons. The predicted octanol–water partition coefficient (Wildman–Crippen LogP) is 2.91. The molecule has 0 fully saturated rings. The molecule has 0 saturated heterocycles. The van der Waals surface area contributed by atoms with Crippen LogP contribution >= 0.6 is 0 Å². The fraction of sp³-hybridized carbons (Fsp3) is 0.471. The van der Waals surface area contributed by atoms with Crippen molar-refractivity contribution in [3.63, 3.8) is 0 Å². The number of furan rings is 1. The van der Waals surface area contributed by atoms with Crippen LogP contribution < -0.4 is 15.8 Å². The minimum atomic E-state index is -0.243. The van der Waals surface area contributed by atoms with Gasteiger partial charge in [-0.15, -0.1) is 0 Å². The van der Waals surface area contributed by atoms with Gasteiger partial charge in [-0.05, 0) is 39.0 Å². The van der Waals surface area contributed by atoms with Crippen LogP contribution in [0.25, 0.3) is 11.0 Å². The fourth-order valence-electron chi connectivity index (χ4n) is 2.41. The van der Waals surface area contributed by atoms with Crippen molar-refractivity contribution < 1.29 is 13.9 Å². The lowest BCUT2D eigenvalue weighted by molar-refractivity contribution is -0.125. The van der Waals surface area contributed by atoms with Crippen LogP contribution in [0.5, 0.6) is 5.75 Å². The number of hydrogen-bond donors (Lipinski definition) is 2. The van der Waals surface area contributed by atoms with Crippen molar-refractivity contribution in [2.24, 2.45) is 11.7 Å². The number of nitrogens with one attached hydrogen (secondary N) is 1. The third kappa shape index (κ3) is 3.09. The first-order chi connectivity index (χ1) is 10.3. The zero-order valence-corrected chi connectivity index (χ0v) is 13.8. The van der Waals surface area contributed by atoms with E-state index in [1.54, 1.807) is 7.11 Å². The third-order valence-electron chi connectivity index (χ3n) is 4.13. The minimum absolute atomic E-state index is 0.0695. The van der Waals surface area contributed by atoms with Crippen molar-refractivity contribution in [1.82, 2.24) is 5.32 Å². The molecule has 1 amide bonds. The molecule has 2 aromatic rings. The molecule has 1 aromatic carbocycles. The first-order valence-corrected chi connectivity index (χ1v) is 7.48. The van der Waals surface area contributed by atoms with Crippen LogP contribution in [0.15, 0.2) is 22.6 Å². The highest BCUT2D eigenvalue weighted by molar-refractivity contribution is 5.84. The standard InChI is InChI=1S/C17H24N2O3/c1-9(11(3)18)17(20)19-12(4)16-10(2)14-8-13(21-5)6-7-15(14)22-16/h6-9,11-12H,18H2,1-5H3,(H,19,20). The molecule has 0 saturated carbocycles.